The molecule has 3 aliphatic heterocycles. The molecule has 65 heavy (non-hydrogen) atoms. The number of ether oxygens (including phenoxy) is 8. The summed E-state index contributed by atoms with van der Waals surface area (Å²) in [7, 11) is 8.23. The first-order valence-corrected chi connectivity index (χ1v) is 23.9. The monoisotopic (exact) mass is 954 g/mol. The molecule has 0 aromatic heterocycles. The summed E-state index contributed by atoms with van der Waals surface area (Å²) in [6.07, 6.45) is -10.9. The van der Waals surface area contributed by atoms with E-state index >= 15 is 0 Å². The molecule has 0 bridgehead atoms. The third-order valence-electron chi connectivity index (χ3n) is 13.8. The lowest BCUT2D eigenvalue weighted by Gasteiger charge is -2.49. The summed E-state index contributed by atoms with van der Waals surface area (Å²) < 4.78 is 49.5. The van der Waals surface area contributed by atoms with Crippen LogP contribution < -0.4 is 5.32 Å². The van der Waals surface area contributed by atoms with E-state index < -0.39 is 132 Å². The van der Waals surface area contributed by atoms with Gasteiger partial charge in [0.2, 0.25) is 5.91 Å². The number of hydrogen-bond donors (Lipinski definition) is 6. The molecule has 20 heteroatoms. The summed E-state index contributed by atoms with van der Waals surface area (Å²) in [6, 6.07) is -1.98. The molecule has 3 rings (SSSR count). The van der Waals surface area contributed by atoms with Crippen molar-refractivity contribution in [2.75, 3.05) is 47.7 Å². The number of esters is 1. The van der Waals surface area contributed by atoms with Gasteiger partial charge in [0.15, 0.2) is 25.0 Å². The van der Waals surface area contributed by atoms with Gasteiger partial charge < -0.3 is 78.5 Å². The Labute approximate surface area is 390 Å². The predicted molar refractivity (Wildman–Crippen MR) is 242 cm³/mol. The van der Waals surface area contributed by atoms with Crippen LogP contribution in [0, 0.1) is 17.8 Å². The molecule has 0 aliphatic carbocycles. The first-order valence-electron chi connectivity index (χ1n) is 22.9. The maximum absolute atomic E-state index is 14.5. The minimum Gasteiger partial charge on any atom is -0.459 e. The fraction of sp³-hybridized carbons (Fsp3) is 0.933. The fourth-order valence-corrected chi connectivity index (χ4v) is 10.5. The van der Waals surface area contributed by atoms with Gasteiger partial charge in [0.25, 0.3) is 0 Å². The average molecular weight is 954 g/mol. The van der Waals surface area contributed by atoms with E-state index in [4.69, 9.17) is 37.9 Å². The number of hydrogen-bond acceptors (Lipinski definition) is 19. The van der Waals surface area contributed by atoms with Crippen LogP contribution in [0.2, 0.25) is 0 Å². The Morgan fingerprint density at radius 3 is 2.17 bits per heavy atom. The van der Waals surface area contributed by atoms with Crippen LogP contribution in [0.5, 0.6) is 0 Å². The zero-order valence-electron chi connectivity index (χ0n) is 41.6. The van der Waals surface area contributed by atoms with Gasteiger partial charge >= 0.3 is 11.3 Å². The highest BCUT2D eigenvalue weighted by Gasteiger charge is 2.53. The minimum atomic E-state index is -1.87. The van der Waals surface area contributed by atoms with Gasteiger partial charge in [-0.15, -0.1) is 0 Å². The van der Waals surface area contributed by atoms with E-state index in [1.807, 2.05) is 44.8 Å². The highest BCUT2D eigenvalue weighted by molar-refractivity contribution is 8.13. The van der Waals surface area contributed by atoms with Gasteiger partial charge in [0.1, 0.15) is 23.9 Å². The minimum absolute atomic E-state index is 0.0648. The van der Waals surface area contributed by atoms with Crippen LogP contribution in [0.1, 0.15) is 102 Å². The topological polar surface area (TPSA) is 245 Å². The number of nitrogens with one attached hydrogen (secondary N) is 1. The number of nitrogens with zero attached hydrogens (tertiary/aromatic N) is 2. The Morgan fingerprint density at radius 2 is 1.62 bits per heavy atom. The summed E-state index contributed by atoms with van der Waals surface area (Å²) in [5, 5.41) is 59.6. The van der Waals surface area contributed by atoms with Crippen LogP contribution in [0.25, 0.3) is 0 Å². The van der Waals surface area contributed by atoms with Crippen molar-refractivity contribution in [2.24, 2.45) is 17.8 Å². The molecule has 3 aliphatic rings. The second-order valence-electron chi connectivity index (χ2n) is 19.8. The van der Waals surface area contributed by atoms with E-state index in [0.717, 1.165) is 11.8 Å². The Hall–Kier alpha value is -1.76. The SMILES string of the molecule is CC[C@H]1OC(=O)[C@H](C)[C@@H](O[C@H]2C[C@@](C)(OC)[C@@H](O)[C@H](C)O2)[C@H](C)[C@@H](O[C@@H]2O[C@H](C)C[C@H](N(C)C)[C@H]2OC(=O)SC[C@H](NC(C)=O)C(O)OC)[C@](C)(O)C[C@@H](C)CN(C)[C@H](C)[C@@H](O)[C@]1(C)O. The van der Waals surface area contributed by atoms with Gasteiger partial charge in [0.05, 0.1) is 53.6 Å². The zero-order valence-corrected chi connectivity index (χ0v) is 42.4. The predicted octanol–water partition coefficient (Wildman–Crippen LogP) is 2.25. The standard InChI is InChI=1S/C45H83N3O16S/c1-17-32-45(11,56)36(50)27(6)48(14)21-23(2)19-43(9,55)38(25(4)34(26(5)39(52)61-32)62-33-20-44(10,58-16)37(51)28(7)60-33)64-41-35(31(47(12)13)18-24(3)59-41)63-42(54)65-22-30(40(53)57-15)46-29(8)49/h23-28,30-38,40-41,50-51,53,55-56H,17-22H2,1-16H3,(H,46,49)/t23-,24-,25+,26-,27-,28+,30+,31+,32-,33+,34+,35-,36-,37+,38-,40?,41+,43-,44-,45-/m1/s1. The van der Waals surface area contributed by atoms with E-state index in [-0.39, 0.29) is 30.9 Å². The first-order chi connectivity index (χ1) is 30.0. The molecule has 1 amide bonds. The molecule has 0 radical (unpaired) electrons. The number of likely N-dealkylation sites (N-methyl/N-ethyl adjacent to an activating group) is 2. The van der Waals surface area contributed by atoms with Crippen molar-refractivity contribution in [3.63, 3.8) is 0 Å². The molecule has 3 saturated heterocycles. The van der Waals surface area contributed by atoms with E-state index in [9.17, 15) is 39.9 Å². The zero-order chi connectivity index (χ0) is 49.5. The Morgan fingerprint density at radius 1 is 0.985 bits per heavy atom. The first kappa shape index (κ1) is 57.6. The molecule has 0 aromatic carbocycles. The van der Waals surface area contributed by atoms with Gasteiger partial charge in [-0.25, -0.2) is 4.79 Å². The molecule has 19 nitrogen and oxygen atoms in total. The van der Waals surface area contributed by atoms with E-state index in [1.165, 1.54) is 28.1 Å². The molecular weight excluding hydrogens is 871 g/mol. The largest absolute Gasteiger partial charge is 0.459 e. The van der Waals surface area contributed by atoms with Gasteiger partial charge in [-0.3, -0.25) is 9.59 Å². The van der Waals surface area contributed by atoms with E-state index in [1.54, 1.807) is 48.5 Å². The second kappa shape index (κ2) is 24.2. The van der Waals surface area contributed by atoms with Gasteiger partial charge in [-0.05, 0) is 107 Å². The number of rotatable bonds is 13. The highest BCUT2D eigenvalue weighted by atomic mass is 32.2. The number of methoxy groups -OCH3 is 2. The van der Waals surface area contributed by atoms with Crippen molar-refractivity contribution < 1.29 is 77.8 Å². The van der Waals surface area contributed by atoms with E-state index in [2.05, 4.69) is 5.32 Å². The Kier molecular flexibility index (Phi) is 21.4. The Bertz CT molecular complexity index is 1530. The molecule has 380 valence electrons. The summed E-state index contributed by atoms with van der Waals surface area (Å²) in [4.78, 5) is 43.9. The molecule has 6 N–H and O–H groups in total. The van der Waals surface area contributed by atoms with Crippen LogP contribution >= 0.6 is 11.8 Å². The molecule has 3 heterocycles. The third-order valence-corrected chi connectivity index (χ3v) is 14.6. The molecule has 20 atom stereocenters. The molecule has 0 aromatic rings. The Balaban J connectivity index is 2.20. The van der Waals surface area contributed by atoms with Crippen molar-refractivity contribution >= 4 is 28.9 Å². The van der Waals surface area contributed by atoms with Crippen LogP contribution in [-0.4, -0.2) is 203 Å². The van der Waals surface area contributed by atoms with Crippen LogP contribution in [-0.2, 0) is 47.5 Å². The number of carbonyl (C=O) groups excluding carboxylic acids is 3. The lowest BCUT2D eigenvalue weighted by Crippen LogP contribution is -2.61. The summed E-state index contributed by atoms with van der Waals surface area (Å²) in [6.45, 7) is 18.9. The number of amides is 1. The van der Waals surface area contributed by atoms with E-state index in [0.29, 0.717) is 13.0 Å². The van der Waals surface area contributed by atoms with Gasteiger partial charge in [-0.1, -0.05) is 20.8 Å². The summed E-state index contributed by atoms with van der Waals surface area (Å²) in [5.41, 5.74) is -4.66. The second-order valence-corrected chi connectivity index (χ2v) is 20.7. The lowest BCUT2D eigenvalue weighted by atomic mass is 9.77. The van der Waals surface area contributed by atoms with Crippen molar-refractivity contribution in [2.45, 2.75) is 204 Å². The number of aliphatic hydroxyl groups excluding tert-OH is 3. The summed E-state index contributed by atoms with van der Waals surface area (Å²) >= 11 is 0.724. The maximum atomic E-state index is 14.5. The van der Waals surface area contributed by atoms with Crippen LogP contribution in [0.3, 0.4) is 0 Å². The third kappa shape index (κ3) is 14.6. The number of cyclic esters (lactones) is 1. The van der Waals surface area contributed by atoms with Crippen LogP contribution in [0.4, 0.5) is 4.79 Å². The highest BCUT2D eigenvalue weighted by Crippen LogP contribution is 2.41. The number of carbonyl (C=O) groups is 3. The van der Waals surface area contributed by atoms with Crippen molar-refractivity contribution in [3.05, 3.63) is 0 Å². The van der Waals surface area contributed by atoms with Crippen molar-refractivity contribution in [1.29, 1.82) is 0 Å². The van der Waals surface area contributed by atoms with Crippen LogP contribution in [0.15, 0.2) is 0 Å². The molecule has 0 saturated carbocycles. The smallest absolute Gasteiger partial charge is 0.367 e. The fourth-order valence-electron chi connectivity index (χ4n) is 9.77. The lowest BCUT2D eigenvalue weighted by molar-refractivity contribution is -0.317. The molecule has 0 spiro atoms. The summed E-state index contributed by atoms with van der Waals surface area (Å²) in [5.74, 6) is -3.51. The number of thioether (sulfide) groups is 1. The number of aliphatic hydroxyl groups is 5. The average Bonchev–Trinajstić information content (AvgIpc) is 3.22. The quantitative estimate of drug-likeness (QED) is 0.115. The normalized spacial score (nSPS) is 42.9. The van der Waals surface area contributed by atoms with Crippen molar-refractivity contribution in [1.82, 2.24) is 15.1 Å². The maximum Gasteiger partial charge on any atom is 0.367 e. The molecular formula is C45H83N3O16S. The van der Waals surface area contributed by atoms with Gasteiger partial charge in [0, 0.05) is 51.8 Å². The van der Waals surface area contributed by atoms with Crippen molar-refractivity contribution in [3.8, 4) is 0 Å². The van der Waals surface area contributed by atoms with Gasteiger partial charge in [-0.2, -0.15) is 0 Å². The molecule has 3 fully saturated rings. The molecule has 1 unspecified atom stereocenters.